The Hall–Kier alpha value is -0.990. The maximum Gasteiger partial charge on any atom is 0.310 e. The number of aliphatic hydroxyl groups excluding tert-OH is 3. The average molecular weight is 575 g/mol. The molecule has 0 amide bonds. The number of fused-ring (bicyclic) bond motifs is 7. The summed E-state index contributed by atoms with van der Waals surface area (Å²) in [6.45, 7) is 13.9. The van der Waals surface area contributed by atoms with Crippen LogP contribution in [-0.4, -0.2) is 63.2 Å². The summed E-state index contributed by atoms with van der Waals surface area (Å²) in [6, 6.07) is 0. The summed E-state index contributed by atoms with van der Waals surface area (Å²) < 4.78 is 12.1. The van der Waals surface area contributed by atoms with Gasteiger partial charge in [-0.1, -0.05) is 46.3 Å². The van der Waals surface area contributed by atoms with Gasteiger partial charge in [0.05, 0.1) is 17.6 Å². The third kappa shape index (κ3) is 4.26. The van der Waals surface area contributed by atoms with Gasteiger partial charge in [-0.2, -0.15) is 0 Å². The van der Waals surface area contributed by atoms with E-state index < -0.39 is 42.1 Å². The number of hydrogen-bond donors (Lipinski definition) is 4. The van der Waals surface area contributed by atoms with Crippen molar-refractivity contribution in [1.29, 1.82) is 0 Å². The van der Waals surface area contributed by atoms with E-state index in [1.165, 1.54) is 5.57 Å². The third-order valence-electron chi connectivity index (χ3n) is 14.2. The van der Waals surface area contributed by atoms with E-state index in [1.54, 1.807) is 6.92 Å². The first-order valence-electron chi connectivity index (χ1n) is 16.4. The van der Waals surface area contributed by atoms with E-state index in [0.29, 0.717) is 11.8 Å². The van der Waals surface area contributed by atoms with Crippen molar-refractivity contribution < 1.29 is 34.7 Å². The molecule has 1 heterocycles. The third-order valence-corrected chi connectivity index (χ3v) is 14.2. The molecule has 6 aliphatic rings. The predicted octanol–water partition coefficient (Wildman–Crippen LogP) is 5.45. The molecule has 0 spiro atoms. The summed E-state index contributed by atoms with van der Waals surface area (Å²) in [5, 5.41) is 41.4. The molecule has 232 valence electrons. The summed E-state index contributed by atoms with van der Waals surface area (Å²) in [6.07, 6.45) is 7.91. The Balaban J connectivity index is 1.24. The second-order valence-corrected chi connectivity index (χ2v) is 16.5. The smallest absolute Gasteiger partial charge is 0.310 e. The number of carbonyl (C=O) groups is 1. The van der Waals surface area contributed by atoms with Gasteiger partial charge in [-0.05, 0) is 117 Å². The van der Waals surface area contributed by atoms with Gasteiger partial charge in [0.15, 0.2) is 6.29 Å². The molecule has 13 atom stereocenters. The molecule has 41 heavy (non-hydrogen) atoms. The van der Waals surface area contributed by atoms with Gasteiger partial charge in [-0.15, -0.1) is 0 Å². The topological polar surface area (TPSA) is 116 Å². The molecule has 0 bridgehead atoms. The molecule has 0 aromatic carbocycles. The monoisotopic (exact) mass is 574 g/mol. The molecule has 7 heteroatoms. The first kappa shape index (κ1) is 30.1. The fraction of sp³-hybridized carbons (Fsp3) is 0.912. The number of allylic oxidation sites excluding steroid dienone is 2. The molecule has 1 saturated heterocycles. The minimum absolute atomic E-state index is 0.0153. The first-order chi connectivity index (χ1) is 19.1. The summed E-state index contributed by atoms with van der Waals surface area (Å²) in [4.78, 5) is 12.9. The SMILES string of the molecule is C[C@@H]1OC(O[C@H]2CC[C@@]3(C)C(CC[C@]4(C)C3CC=C3C5CC(C)(C)CCC5(C(=O)O)CC[C@]34C)C2)[C@H](O)[C@H](O)[C@H]1O. The highest BCUT2D eigenvalue weighted by Crippen LogP contribution is 2.74. The van der Waals surface area contributed by atoms with E-state index in [-0.39, 0.29) is 33.7 Å². The Bertz CT molecular complexity index is 1090. The second kappa shape index (κ2) is 9.76. The van der Waals surface area contributed by atoms with Crippen LogP contribution < -0.4 is 0 Å². The number of ether oxygens (including phenoxy) is 2. The normalized spacial score (nSPS) is 54.6. The van der Waals surface area contributed by atoms with E-state index in [1.807, 2.05) is 0 Å². The number of carboxylic acid groups (broad SMARTS) is 1. The van der Waals surface area contributed by atoms with Crippen LogP contribution in [-0.2, 0) is 14.3 Å². The summed E-state index contributed by atoms with van der Waals surface area (Å²) in [5.74, 6) is 0.589. The molecule has 7 nitrogen and oxygen atoms in total. The zero-order valence-electron chi connectivity index (χ0n) is 26.1. The molecule has 6 rings (SSSR count). The van der Waals surface area contributed by atoms with Crippen molar-refractivity contribution in [2.24, 2.45) is 44.8 Å². The fourth-order valence-electron chi connectivity index (χ4n) is 11.2. The van der Waals surface area contributed by atoms with Crippen molar-refractivity contribution in [2.45, 2.75) is 149 Å². The molecule has 5 fully saturated rings. The van der Waals surface area contributed by atoms with Crippen molar-refractivity contribution >= 4 is 5.97 Å². The van der Waals surface area contributed by atoms with Gasteiger partial charge in [-0.25, -0.2) is 0 Å². The lowest BCUT2D eigenvalue weighted by molar-refractivity contribution is -0.310. The molecular formula is C34H54O7. The highest BCUT2D eigenvalue weighted by molar-refractivity contribution is 5.76. The molecule has 1 aliphatic heterocycles. The van der Waals surface area contributed by atoms with Crippen LogP contribution in [0, 0.1) is 44.8 Å². The predicted molar refractivity (Wildman–Crippen MR) is 155 cm³/mol. The van der Waals surface area contributed by atoms with Crippen molar-refractivity contribution in [2.75, 3.05) is 0 Å². The maximum atomic E-state index is 12.9. The van der Waals surface area contributed by atoms with Gasteiger partial charge in [0.25, 0.3) is 0 Å². The number of hydrogen-bond acceptors (Lipinski definition) is 6. The highest BCUT2D eigenvalue weighted by atomic mass is 16.7. The lowest BCUT2D eigenvalue weighted by Crippen LogP contribution is -2.63. The van der Waals surface area contributed by atoms with Crippen molar-refractivity contribution in [3.8, 4) is 0 Å². The van der Waals surface area contributed by atoms with Crippen LogP contribution in [0.5, 0.6) is 0 Å². The average Bonchev–Trinajstić information content (AvgIpc) is 2.90. The Labute approximate surface area is 246 Å². The van der Waals surface area contributed by atoms with Crippen LogP contribution in [0.15, 0.2) is 11.6 Å². The molecule has 4 saturated carbocycles. The molecule has 0 radical (unpaired) electrons. The van der Waals surface area contributed by atoms with Crippen LogP contribution in [0.3, 0.4) is 0 Å². The van der Waals surface area contributed by atoms with E-state index in [9.17, 15) is 25.2 Å². The van der Waals surface area contributed by atoms with Crippen molar-refractivity contribution in [1.82, 2.24) is 0 Å². The minimum atomic E-state index is -1.28. The van der Waals surface area contributed by atoms with Crippen LogP contribution in [0.25, 0.3) is 0 Å². The lowest BCUT2D eigenvalue weighted by atomic mass is 9.35. The number of carboxylic acids is 1. The molecule has 5 aliphatic carbocycles. The van der Waals surface area contributed by atoms with E-state index in [0.717, 1.165) is 70.6 Å². The van der Waals surface area contributed by atoms with Gasteiger partial charge in [0.1, 0.15) is 18.3 Å². The van der Waals surface area contributed by atoms with E-state index in [2.05, 4.69) is 40.7 Å². The molecule has 0 aromatic rings. The highest BCUT2D eigenvalue weighted by Gasteiger charge is 2.67. The molecular weight excluding hydrogens is 520 g/mol. The van der Waals surface area contributed by atoms with Gasteiger partial charge in [0.2, 0.25) is 0 Å². The standard InChI is InChI=1S/C34H54O7/c1-19-25(35)26(36)27(37)28(40-19)41-21-10-11-31(4)20(17-21)9-12-33(6)24(31)8-7-22-23-18-30(2,3)13-15-34(23,29(38)39)16-14-32(22,33)5/h7,19-21,23-28,35-37H,8-18H2,1-6H3,(H,38,39)/t19-,20?,21-,23?,24?,25-,26+,27+,28?,31-,32+,33+,34?/m0/s1. The summed E-state index contributed by atoms with van der Waals surface area (Å²) in [5.41, 5.74) is 1.34. The van der Waals surface area contributed by atoms with Crippen molar-refractivity contribution in [3.63, 3.8) is 0 Å². The molecule has 4 N–H and O–H groups in total. The number of aliphatic hydroxyl groups is 3. The second-order valence-electron chi connectivity index (χ2n) is 16.5. The minimum Gasteiger partial charge on any atom is -0.481 e. The Morgan fingerprint density at radius 2 is 1.63 bits per heavy atom. The van der Waals surface area contributed by atoms with Gasteiger partial charge < -0.3 is 29.9 Å². The summed E-state index contributed by atoms with van der Waals surface area (Å²) in [7, 11) is 0. The van der Waals surface area contributed by atoms with Gasteiger partial charge >= 0.3 is 5.97 Å². The van der Waals surface area contributed by atoms with Gasteiger partial charge in [0, 0.05) is 0 Å². The lowest BCUT2D eigenvalue weighted by Gasteiger charge is -2.69. The van der Waals surface area contributed by atoms with Crippen LogP contribution in [0.1, 0.15) is 112 Å². The Morgan fingerprint density at radius 3 is 2.34 bits per heavy atom. The van der Waals surface area contributed by atoms with Crippen LogP contribution in [0.2, 0.25) is 0 Å². The fourth-order valence-corrected chi connectivity index (χ4v) is 11.2. The Kier molecular flexibility index (Phi) is 7.15. The van der Waals surface area contributed by atoms with Crippen molar-refractivity contribution in [3.05, 3.63) is 11.6 Å². The Morgan fingerprint density at radius 1 is 0.927 bits per heavy atom. The van der Waals surface area contributed by atoms with Gasteiger partial charge in [-0.3, -0.25) is 4.79 Å². The van der Waals surface area contributed by atoms with E-state index in [4.69, 9.17) is 9.47 Å². The first-order valence-corrected chi connectivity index (χ1v) is 16.4. The van der Waals surface area contributed by atoms with Crippen LogP contribution >= 0.6 is 0 Å². The molecule has 0 aromatic heterocycles. The maximum absolute atomic E-state index is 12.9. The number of rotatable bonds is 3. The number of aliphatic carboxylic acids is 1. The van der Waals surface area contributed by atoms with Crippen LogP contribution in [0.4, 0.5) is 0 Å². The van der Waals surface area contributed by atoms with E-state index >= 15 is 0 Å². The zero-order chi connectivity index (χ0) is 29.8. The largest absolute Gasteiger partial charge is 0.481 e. The molecule has 5 unspecified atom stereocenters. The quantitative estimate of drug-likeness (QED) is 0.262. The zero-order valence-corrected chi connectivity index (χ0v) is 26.1. The summed E-state index contributed by atoms with van der Waals surface area (Å²) >= 11 is 0.